The van der Waals surface area contributed by atoms with Crippen molar-refractivity contribution in [3.05, 3.63) is 76.6 Å². The van der Waals surface area contributed by atoms with Crippen LogP contribution in [0.15, 0.2) is 48.5 Å². The van der Waals surface area contributed by atoms with Crippen LogP contribution in [0.2, 0.25) is 0 Å². The van der Waals surface area contributed by atoms with Crippen molar-refractivity contribution in [2.45, 2.75) is 40.3 Å². The van der Waals surface area contributed by atoms with Crippen molar-refractivity contribution in [3.63, 3.8) is 0 Å². The summed E-state index contributed by atoms with van der Waals surface area (Å²) in [4.78, 5) is 12.5. The van der Waals surface area contributed by atoms with Gasteiger partial charge >= 0.3 is 6.03 Å². The van der Waals surface area contributed by atoms with E-state index in [1.807, 2.05) is 80.9 Å². The van der Waals surface area contributed by atoms with Crippen LogP contribution >= 0.6 is 0 Å². The molecule has 0 radical (unpaired) electrons. The number of benzene rings is 2. The third-order valence-corrected chi connectivity index (χ3v) is 5.07. The Labute approximate surface area is 171 Å². The molecule has 3 rings (SSSR count). The van der Waals surface area contributed by atoms with E-state index in [1.54, 1.807) is 7.11 Å². The number of hydrogen-bond acceptors (Lipinski definition) is 3. The highest BCUT2D eigenvalue weighted by Gasteiger charge is 2.16. The average molecular weight is 393 g/mol. The Hall–Kier alpha value is -3.28. The first-order chi connectivity index (χ1) is 13.9. The Morgan fingerprint density at radius 3 is 2.55 bits per heavy atom. The second-order valence-electron chi connectivity index (χ2n) is 7.19. The zero-order valence-electron chi connectivity index (χ0n) is 17.6. The Kier molecular flexibility index (Phi) is 6.22. The van der Waals surface area contributed by atoms with Crippen LogP contribution in [0.25, 0.3) is 5.69 Å². The first-order valence-corrected chi connectivity index (χ1v) is 9.70. The maximum Gasteiger partial charge on any atom is 0.315 e. The van der Waals surface area contributed by atoms with E-state index >= 15 is 0 Å². The van der Waals surface area contributed by atoms with E-state index in [9.17, 15) is 4.79 Å². The first kappa shape index (κ1) is 20.5. The number of amides is 2. The molecule has 1 atom stereocenters. The number of nitrogens with one attached hydrogen (secondary N) is 2. The van der Waals surface area contributed by atoms with Gasteiger partial charge in [-0.3, -0.25) is 0 Å². The molecule has 0 aliphatic rings. The molecule has 1 heterocycles. The van der Waals surface area contributed by atoms with Gasteiger partial charge in [-0.1, -0.05) is 35.9 Å². The minimum atomic E-state index is -0.229. The number of urea groups is 1. The highest BCUT2D eigenvalue weighted by Crippen LogP contribution is 2.26. The molecule has 0 saturated carbocycles. The van der Waals surface area contributed by atoms with Gasteiger partial charge in [0.25, 0.3) is 0 Å². The van der Waals surface area contributed by atoms with Crippen molar-refractivity contribution in [2.24, 2.45) is 0 Å². The summed E-state index contributed by atoms with van der Waals surface area (Å²) in [5, 5.41) is 10.6. The van der Waals surface area contributed by atoms with Gasteiger partial charge in [-0.05, 0) is 45.9 Å². The second-order valence-corrected chi connectivity index (χ2v) is 7.19. The standard InChI is InChI=1S/C23H28N4O2/c1-15-11-12-22(29-5)20(13-15)16(2)25-23(28)24-14-21-17(3)26-27(18(21)4)19-9-7-6-8-10-19/h6-13,16H,14H2,1-5H3,(H2,24,25,28)/t16-/m0/s1. The minimum absolute atomic E-state index is 0.181. The molecule has 2 N–H and O–H groups in total. The molecule has 2 amide bonds. The maximum absolute atomic E-state index is 12.5. The molecule has 0 aliphatic carbocycles. The zero-order valence-corrected chi connectivity index (χ0v) is 17.6. The Morgan fingerprint density at radius 2 is 1.86 bits per heavy atom. The van der Waals surface area contributed by atoms with Crippen molar-refractivity contribution >= 4 is 6.03 Å². The number of ether oxygens (including phenoxy) is 1. The summed E-state index contributed by atoms with van der Waals surface area (Å²) < 4.78 is 7.33. The molecule has 1 aromatic heterocycles. The Balaban J connectivity index is 1.67. The largest absolute Gasteiger partial charge is 0.496 e. The van der Waals surface area contributed by atoms with Gasteiger partial charge in [0.1, 0.15) is 5.75 Å². The zero-order chi connectivity index (χ0) is 21.0. The number of aromatic nitrogens is 2. The lowest BCUT2D eigenvalue weighted by atomic mass is 10.0. The average Bonchev–Trinajstić information content (AvgIpc) is 3.00. The van der Waals surface area contributed by atoms with E-state index in [-0.39, 0.29) is 12.1 Å². The molecule has 0 saturated heterocycles. The Morgan fingerprint density at radius 1 is 1.14 bits per heavy atom. The number of nitrogens with zero attached hydrogens (tertiary/aromatic N) is 2. The fourth-order valence-corrected chi connectivity index (χ4v) is 3.44. The van der Waals surface area contributed by atoms with Crippen LogP contribution in [-0.2, 0) is 6.54 Å². The van der Waals surface area contributed by atoms with Crippen LogP contribution in [0.1, 0.15) is 41.0 Å². The third kappa shape index (κ3) is 4.59. The van der Waals surface area contributed by atoms with Gasteiger partial charge in [0.2, 0.25) is 0 Å². The summed E-state index contributed by atoms with van der Waals surface area (Å²) in [5.74, 6) is 0.763. The van der Waals surface area contributed by atoms with E-state index in [4.69, 9.17) is 4.74 Å². The fourth-order valence-electron chi connectivity index (χ4n) is 3.44. The van der Waals surface area contributed by atoms with Crippen molar-refractivity contribution < 1.29 is 9.53 Å². The summed E-state index contributed by atoms with van der Waals surface area (Å²) >= 11 is 0. The first-order valence-electron chi connectivity index (χ1n) is 9.70. The summed E-state index contributed by atoms with van der Waals surface area (Å²) in [6.07, 6.45) is 0. The fraction of sp³-hybridized carbons (Fsp3) is 0.304. The van der Waals surface area contributed by atoms with Crippen LogP contribution in [0, 0.1) is 20.8 Å². The van der Waals surface area contributed by atoms with Crippen molar-refractivity contribution in [1.29, 1.82) is 0 Å². The van der Waals surface area contributed by atoms with Gasteiger partial charge in [0.05, 0.1) is 24.5 Å². The van der Waals surface area contributed by atoms with Crippen LogP contribution in [-0.4, -0.2) is 22.9 Å². The number of aryl methyl sites for hydroxylation is 2. The molecule has 152 valence electrons. The number of methoxy groups -OCH3 is 1. The van der Waals surface area contributed by atoms with Gasteiger partial charge < -0.3 is 15.4 Å². The molecule has 0 spiro atoms. The van der Waals surface area contributed by atoms with Crippen molar-refractivity contribution in [2.75, 3.05) is 7.11 Å². The summed E-state index contributed by atoms with van der Waals surface area (Å²) in [6.45, 7) is 8.35. The lowest BCUT2D eigenvalue weighted by Gasteiger charge is -2.18. The van der Waals surface area contributed by atoms with Crippen molar-refractivity contribution in [3.8, 4) is 11.4 Å². The second kappa shape index (κ2) is 8.82. The number of hydrogen-bond donors (Lipinski definition) is 2. The number of carbonyl (C=O) groups excluding carboxylic acids is 1. The lowest BCUT2D eigenvalue weighted by molar-refractivity contribution is 0.237. The SMILES string of the molecule is COc1ccc(C)cc1[C@H](C)NC(=O)NCc1c(C)nn(-c2ccccc2)c1C. The van der Waals surface area contributed by atoms with E-state index < -0.39 is 0 Å². The summed E-state index contributed by atoms with van der Waals surface area (Å²) in [7, 11) is 1.64. The van der Waals surface area contributed by atoms with E-state index in [1.165, 1.54) is 0 Å². The Bertz CT molecular complexity index is 996. The van der Waals surface area contributed by atoms with Gasteiger partial charge in [0, 0.05) is 23.4 Å². The van der Waals surface area contributed by atoms with Gasteiger partial charge in [0.15, 0.2) is 0 Å². The molecular weight excluding hydrogens is 364 g/mol. The van der Waals surface area contributed by atoms with Gasteiger partial charge in [-0.15, -0.1) is 0 Å². The molecule has 6 heteroatoms. The van der Waals surface area contributed by atoms with Gasteiger partial charge in [-0.25, -0.2) is 9.48 Å². The molecule has 29 heavy (non-hydrogen) atoms. The monoisotopic (exact) mass is 392 g/mol. The molecule has 0 fully saturated rings. The van der Waals surface area contributed by atoms with E-state index in [2.05, 4.69) is 15.7 Å². The number of rotatable bonds is 6. The van der Waals surface area contributed by atoms with Crippen LogP contribution in [0.3, 0.4) is 0 Å². The van der Waals surface area contributed by atoms with Gasteiger partial charge in [-0.2, -0.15) is 5.10 Å². The van der Waals surface area contributed by atoms with E-state index in [0.29, 0.717) is 6.54 Å². The highest BCUT2D eigenvalue weighted by molar-refractivity contribution is 5.74. The predicted molar refractivity (Wildman–Crippen MR) is 115 cm³/mol. The topological polar surface area (TPSA) is 68.2 Å². The third-order valence-electron chi connectivity index (χ3n) is 5.07. The quantitative estimate of drug-likeness (QED) is 0.655. The predicted octanol–water partition coefficient (Wildman–Crippen LogP) is 4.37. The lowest BCUT2D eigenvalue weighted by Crippen LogP contribution is -2.37. The molecule has 6 nitrogen and oxygen atoms in total. The number of para-hydroxylation sites is 1. The van der Waals surface area contributed by atoms with Crippen molar-refractivity contribution in [1.82, 2.24) is 20.4 Å². The summed E-state index contributed by atoms with van der Waals surface area (Å²) in [5.41, 5.74) is 6.01. The summed E-state index contributed by atoms with van der Waals surface area (Å²) in [6, 6.07) is 15.5. The van der Waals surface area contributed by atoms with Crippen LogP contribution in [0.5, 0.6) is 5.75 Å². The molecule has 3 aromatic rings. The highest BCUT2D eigenvalue weighted by atomic mass is 16.5. The molecule has 0 bridgehead atoms. The minimum Gasteiger partial charge on any atom is -0.496 e. The number of carbonyl (C=O) groups is 1. The molecular formula is C23H28N4O2. The maximum atomic E-state index is 12.5. The van der Waals surface area contributed by atoms with Crippen LogP contribution in [0.4, 0.5) is 4.79 Å². The normalized spacial score (nSPS) is 11.8. The molecule has 0 aliphatic heterocycles. The molecule has 0 unspecified atom stereocenters. The smallest absolute Gasteiger partial charge is 0.315 e. The van der Waals surface area contributed by atoms with E-state index in [0.717, 1.165) is 39.5 Å². The molecule has 2 aromatic carbocycles. The van der Waals surface area contributed by atoms with Crippen LogP contribution < -0.4 is 15.4 Å².